The van der Waals surface area contributed by atoms with Gasteiger partial charge < -0.3 is 14.8 Å². The van der Waals surface area contributed by atoms with Crippen LogP contribution in [-0.4, -0.2) is 40.4 Å². The molecule has 1 saturated heterocycles. The van der Waals surface area contributed by atoms with Crippen LogP contribution in [0.3, 0.4) is 0 Å². The third-order valence-corrected chi connectivity index (χ3v) is 3.95. The molecule has 132 valence electrons. The fraction of sp³-hybridized carbons (Fsp3) is 0.412. The lowest BCUT2D eigenvalue weighted by molar-refractivity contribution is -0.384. The molecule has 0 radical (unpaired) electrons. The lowest BCUT2D eigenvalue weighted by atomic mass is 10.2. The van der Waals surface area contributed by atoms with Crippen molar-refractivity contribution in [3.8, 4) is 11.4 Å². The molecule has 0 aliphatic carbocycles. The van der Waals surface area contributed by atoms with E-state index in [0.717, 1.165) is 5.69 Å². The van der Waals surface area contributed by atoms with Gasteiger partial charge in [0.2, 0.25) is 0 Å². The van der Waals surface area contributed by atoms with Crippen LogP contribution in [0.25, 0.3) is 11.4 Å². The highest BCUT2D eigenvalue weighted by Gasteiger charge is 2.30. The largest absolute Gasteiger partial charge is 0.370 e. The maximum atomic E-state index is 10.9. The van der Waals surface area contributed by atoms with Crippen LogP contribution in [-0.2, 0) is 9.47 Å². The summed E-state index contributed by atoms with van der Waals surface area (Å²) in [6, 6.07) is 8.13. The number of non-ortho nitro benzene ring substituents is 1. The number of benzene rings is 1. The van der Waals surface area contributed by atoms with Crippen molar-refractivity contribution in [1.82, 2.24) is 9.97 Å². The van der Waals surface area contributed by atoms with Crippen LogP contribution in [0.4, 0.5) is 11.5 Å². The monoisotopic (exact) mass is 344 g/mol. The second kappa shape index (κ2) is 7.12. The molecule has 1 fully saturated rings. The summed E-state index contributed by atoms with van der Waals surface area (Å²) in [5.41, 5.74) is 1.40. The molecule has 1 aliphatic rings. The molecule has 0 bridgehead atoms. The van der Waals surface area contributed by atoms with Crippen LogP contribution in [0.5, 0.6) is 0 Å². The fourth-order valence-electron chi connectivity index (χ4n) is 2.67. The number of nitro benzene ring substituents is 1. The molecule has 25 heavy (non-hydrogen) atoms. The van der Waals surface area contributed by atoms with E-state index in [9.17, 15) is 10.1 Å². The Bertz CT molecular complexity index is 775. The van der Waals surface area contributed by atoms with E-state index in [4.69, 9.17) is 9.47 Å². The summed E-state index contributed by atoms with van der Waals surface area (Å²) in [6.45, 7) is 5.63. The number of anilines is 1. The highest BCUT2D eigenvalue weighted by atomic mass is 16.7. The minimum Gasteiger partial charge on any atom is -0.370 e. The molecule has 0 unspecified atom stereocenters. The third-order valence-electron chi connectivity index (χ3n) is 3.95. The molecule has 8 heteroatoms. The van der Waals surface area contributed by atoms with E-state index in [1.807, 2.05) is 19.9 Å². The van der Waals surface area contributed by atoms with Gasteiger partial charge in [0.05, 0.1) is 18.1 Å². The van der Waals surface area contributed by atoms with Crippen molar-refractivity contribution >= 4 is 11.5 Å². The standard InChI is InChI=1S/C17H20N4O4/c1-12-10-15(18-7-6-17(2)24-8-9-25-17)20-16(19-12)13-4-3-5-14(11-13)21(22)23/h3-5,10-11H,6-9H2,1-2H3,(H,18,19,20). The Morgan fingerprint density at radius 1 is 1.28 bits per heavy atom. The van der Waals surface area contributed by atoms with E-state index in [-0.39, 0.29) is 5.69 Å². The van der Waals surface area contributed by atoms with E-state index >= 15 is 0 Å². The summed E-state index contributed by atoms with van der Waals surface area (Å²) in [5, 5.41) is 14.2. The van der Waals surface area contributed by atoms with Crippen molar-refractivity contribution in [2.24, 2.45) is 0 Å². The van der Waals surface area contributed by atoms with Crippen LogP contribution >= 0.6 is 0 Å². The Morgan fingerprint density at radius 3 is 2.76 bits per heavy atom. The Balaban J connectivity index is 1.74. The highest BCUT2D eigenvalue weighted by Crippen LogP contribution is 2.24. The van der Waals surface area contributed by atoms with Crippen LogP contribution in [0.1, 0.15) is 19.0 Å². The van der Waals surface area contributed by atoms with Crippen molar-refractivity contribution < 1.29 is 14.4 Å². The van der Waals surface area contributed by atoms with Gasteiger partial charge >= 0.3 is 0 Å². The number of aryl methyl sites for hydroxylation is 1. The van der Waals surface area contributed by atoms with Crippen LogP contribution in [0.2, 0.25) is 0 Å². The second-order valence-corrected chi connectivity index (χ2v) is 6.03. The molecule has 0 amide bonds. The van der Waals surface area contributed by atoms with E-state index in [0.29, 0.717) is 43.4 Å². The van der Waals surface area contributed by atoms with Gasteiger partial charge in [-0.25, -0.2) is 9.97 Å². The molecule has 1 aromatic carbocycles. The van der Waals surface area contributed by atoms with Gasteiger partial charge in [0, 0.05) is 42.4 Å². The minimum absolute atomic E-state index is 0.0144. The van der Waals surface area contributed by atoms with Gasteiger partial charge in [-0.3, -0.25) is 10.1 Å². The van der Waals surface area contributed by atoms with Crippen molar-refractivity contribution in [3.05, 3.63) is 46.1 Å². The Labute approximate surface area is 145 Å². The number of ether oxygens (including phenoxy) is 2. The van der Waals surface area contributed by atoms with E-state index in [1.54, 1.807) is 12.1 Å². The maximum Gasteiger partial charge on any atom is 0.270 e. The first kappa shape index (κ1) is 17.2. The predicted molar refractivity (Wildman–Crippen MR) is 92.3 cm³/mol. The van der Waals surface area contributed by atoms with Gasteiger partial charge in [0.15, 0.2) is 11.6 Å². The second-order valence-electron chi connectivity index (χ2n) is 6.03. The van der Waals surface area contributed by atoms with Crippen molar-refractivity contribution in [2.45, 2.75) is 26.1 Å². The normalized spacial score (nSPS) is 15.9. The molecule has 0 saturated carbocycles. The van der Waals surface area contributed by atoms with Crippen LogP contribution < -0.4 is 5.32 Å². The van der Waals surface area contributed by atoms with Crippen molar-refractivity contribution in [1.29, 1.82) is 0 Å². The molecule has 2 aromatic rings. The molecule has 0 atom stereocenters. The summed E-state index contributed by atoms with van der Waals surface area (Å²) in [5.74, 6) is 0.555. The quantitative estimate of drug-likeness (QED) is 0.635. The Kier molecular flexibility index (Phi) is 4.91. The average molecular weight is 344 g/mol. The molecular weight excluding hydrogens is 324 g/mol. The molecule has 0 spiro atoms. The summed E-state index contributed by atoms with van der Waals surface area (Å²) in [7, 11) is 0. The van der Waals surface area contributed by atoms with Crippen molar-refractivity contribution in [2.75, 3.05) is 25.1 Å². The van der Waals surface area contributed by atoms with Crippen molar-refractivity contribution in [3.63, 3.8) is 0 Å². The summed E-state index contributed by atoms with van der Waals surface area (Å²) >= 11 is 0. The third kappa shape index (κ3) is 4.28. The zero-order valence-corrected chi connectivity index (χ0v) is 14.2. The highest BCUT2D eigenvalue weighted by molar-refractivity contribution is 5.61. The number of nitrogens with zero attached hydrogens (tertiary/aromatic N) is 3. The summed E-state index contributed by atoms with van der Waals surface area (Å²) < 4.78 is 11.1. The topological polar surface area (TPSA) is 99.4 Å². The Hall–Kier alpha value is -2.58. The smallest absolute Gasteiger partial charge is 0.270 e. The number of rotatable bonds is 6. The van der Waals surface area contributed by atoms with Crippen LogP contribution in [0, 0.1) is 17.0 Å². The number of nitro groups is 1. The van der Waals surface area contributed by atoms with Gasteiger partial charge in [0.1, 0.15) is 5.82 Å². The predicted octanol–water partition coefficient (Wildman–Crippen LogP) is 2.93. The molecule has 3 rings (SSSR count). The maximum absolute atomic E-state index is 10.9. The van der Waals surface area contributed by atoms with Gasteiger partial charge in [-0.2, -0.15) is 0 Å². The van der Waals surface area contributed by atoms with Gasteiger partial charge in [-0.1, -0.05) is 12.1 Å². The number of hydrogen-bond donors (Lipinski definition) is 1. The van der Waals surface area contributed by atoms with E-state index in [1.165, 1.54) is 12.1 Å². The zero-order chi connectivity index (χ0) is 17.9. The zero-order valence-electron chi connectivity index (χ0n) is 14.2. The molecule has 1 aromatic heterocycles. The summed E-state index contributed by atoms with van der Waals surface area (Å²) in [6.07, 6.45) is 0.683. The SMILES string of the molecule is Cc1cc(NCCC2(C)OCCO2)nc(-c2cccc([N+](=O)[O-])c2)n1. The van der Waals surface area contributed by atoms with Gasteiger partial charge in [-0.05, 0) is 13.8 Å². The first-order valence-corrected chi connectivity index (χ1v) is 8.07. The first-order valence-electron chi connectivity index (χ1n) is 8.07. The number of nitrogens with one attached hydrogen (secondary N) is 1. The average Bonchev–Trinajstić information content (AvgIpc) is 3.01. The molecule has 2 heterocycles. The molecule has 1 aliphatic heterocycles. The molecular formula is C17H20N4O4. The Morgan fingerprint density at radius 2 is 2.04 bits per heavy atom. The number of hydrogen-bond acceptors (Lipinski definition) is 7. The molecule has 8 nitrogen and oxygen atoms in total. The van der Waals surface area contributed by atoms with E-state index < -0.39 is 10.7 Å². The number of aromatic nitrogens is 2. The fourth-order valence-corrected chi connectivity index (χ4v) is 2.67. The molecule has 1 N–H and O–H groups in total. The van der Waals surface area contributed by atoms with E-state index in [2.05, 4.69) is 15.3 Å². The lowest BCUT2D eigenvalue weighted by Crippen LogP contribution is -2.28. The summed E-state index contributed by atoms with van der Waals surface area (Å²) in [4.78, 5) is 19.4. The lowest BCUT2D eigenvalue weighted by Gasteiger charge is -2.22. The first-order chi connectivity index (χ1) is 12.0. The van der Waals surface area contributed by atoms with Crippen LogP contribution in [0.15, 0.2) is 30.3 Å². The van der Waals surface area contributed by atoms with Gasteiger partial charge in [0.25, 0.3) is 5.69 Å². The minimum atomic E-state index is -0.558. The van der Waals surface area contributed by atoms with Gasteiger partial charge in [-0.15, -0.1) is 0 Å².